The van der Waals surface area contributed by atoms with Crippen LogP contribution in [0, 0.1) is 6.92 Å². The molecule has 0 saturated heterocycles. The fourth-order valence-corrected chi connectivity index (χ4v) is 3.04. The van der Waals surface area contributed by atoms with Gasteiger partial charge in [-0.1, -0.05) is 36.7 Å². The number of nitrogens with zero attached hydrogens (tertiary/aromatic N) is 1. The summed E-state index contributed by atoms with van der Waals surface area (Å²) >= 11 is 5.11. The second kappa shape index (κ2) is 5.63. The van der Waals surface area contributed by atoms with E-state index < -0.39 is 0 Å². The highest BCUT2D eigenvalue weighted by Crippen LogP contribution is 2.26. The molecule has 0 bridgehead atoms. The molecule has 0 aliphatic rings. The lowest BCUT2D eigenvalue weighted by Gasteiger charge is -2.14. The molecule has 0 aliphatic carbocycles. The van der Waals surface area contributed by atoms with Crippen molar-refractivity contribution in [2.45, 2.75) is 39.7 Å². The third-order valence-electron chi connectivity index (χ3n) is 2.81. The molecule has 2 rings (SSSR count). The molecule has 0 spiro atoms. The monoisotopic (exact) mass is 339 g/mol. The van der Waals surface area contributed by atoms with Gasteiger partial charge in [0.2, 0.25) is 0 Å². The molecule has 0 fully saturated rings. The fraction of sp³-hybridized carbons (Fsp3) is 0.400. The zero-order valence-corrected chi connectivity index (χ0v) is 14.1. The minimum atomic E-state index is 0.0995. The van der Waals surface area contributed by atoms with Gasteiger partial charge in [-0.25, -0.2) is 4.98 Å². The highest BCUT2D eigenvalue weighted by atomic mass is 79.9. The molecular formula is C15H18BrNOS. The average Bonchev–Trinajstić information content (AvgIpc) is 2.76. The van der Waals surface area contributed by atoms with Gasteiger partial charge >= 0.3 is 0 Å². The van der Waals surface area contributed by atoms with Gasteiger partial charge in [-0.3, -0.25) is 0 Å². The number of ether oxygens (including phenoxy) is 1. The lowest BCUT2D eigenvalue weighted by molar-refractivity contribution is 0.302. The third-order valence-corrected chi connectivity index (χ3v) is 4.12. The van der Waals surface area contributed by atoms with E-state index >= 15 is 0 Å². The topological polar surface area (TPSA) is 22.1 Å². The predicted octanol–water partition coefficient (Wildman–Crippen LogP) is 5.09. The Morgan fingerprint density at radius 1 is 1.32 bits per heavy atom. The summed E-state index contributed by atoms with van der Waals surface area (Å²) in [6.07, 6.45) is 0. The molecule has 1 aromatic carbocycles. The molecule has 0 atom stereocenters. The van der Waals surface area contributed by atoms with Gasteiger partial charge in [-0.15, -0.1) is 11.3 Å². The molecule has 0 radical (unpaired) electrons. The number of benzene rings is 1. The molecule has 4 heteroatoms. The Morgan fingerprint density at radius 3 is 2.63 bits per heavy atom. The van der Waals surface area contributed by atoms with Crippen molar-refractivity contribution in [2.75, 3.05) is 0 Å². The van der Waals surface area contributed by atoms with Crippen molar-refractivity contribution < 1.29 is 4.74 Å². The Kier molecular flexibility index (Phi) is 4.31. The second-order valence-corrected chi connectivity index (χ2v) is 7.43. The normalized spacial score (nSPS) is 11.6. The number of aromatic nitrogens is 1. The van der Waals surface area contributed by atoms with Crippen LogP contribution in [-0.4, -0.2) is 4.98 Å². The number of halogens is 1. The first kappa shape index (κ1) is 14.5. The highest BCUT2D eigenvalue weighted by molar-refractivity contribution is 9.10. The first-order valence-corrected chi connectivity index (χ1v) is 7.87. The number of hydrogen-bond donors (Lipinski definition) is 0. The van der Waals surface area contributed by atoms with Crippen LogP contribution in [0.25, 0.3) is 0 Å². The second-order valence-electron chi connectivity index (χ2n) is 5.57. The van der Waals surface area contributed by atoms with E-state index in [-0.39, 0.29) is 5.41 Å². The van der Waals surface area contributed by atoms with Crippen LogP contribution < -0.4 is 4.74 Å². The molecule has 0 saturated carbocycles. The van der Waals surface area contributed by atoms with Crippen molar-refractivity contribution in [3.63, 3.8) is 0 Å². The molecule has 0 aliphatic heterocycles. The van der Waals surface area contributed by atoms with Gasteiger partial charge in [0, 0.05) is 15.3 Å². The van der Waals surface area contributed by atoms with Crippen molar-refractivity contribution in [1.82, 2.24) is 4.98 Å². The Labute approximate surface area is 127 Å². The molecule has 19 heavy (non-hydrogen) atoms. The largest absolute Gasteiger partial charge is 0.486 e. The summed E-state index contributed by atoms with van der Waals surface area (Å²) in [5.74, 6) is 0.913. The SMILES string of the molecule is Cc1cc(Br)ccc1OCc1nc(C(C)(C)C)cs1. The molecule has 102 valence electrons. The highest BCUT2D eigenvalue weighted by Gasteiger charge is 2.17. The zero-order chi connectivity index (χ0) is 14.0. The lowest BCUT2D eigenvalue weighted by atomic mass is 9.93. The number of hydrogen-bond acceptors (Lipinski definition) is 3. The fourth-order valence-electron chi connectivity index (χ4n) is 1.64. The van der Waals surface area contributed by atoms with E-state index in [9.17, 15) is 0 Å². The lowest BCUT2D eigenvalue weighted by Crippen LogP contribution is -2.11. The van der Waals surface area contributed by atoms with Gasteiger partial charge in [0.25, 0.3) is 0 Å². The van der Waals surface area contributed by atoms with E-state index in [1.165, 1.54) is 0 Å². The van der Waals surface area contributed by atoms with Gasteiger partial charge in [0.15, 0.2) is 0 Å². The van der Waals surface area contributed by atoms with Crippen LogP contribution in [0.2, 0.25) is 0 Å². The summed E-state index contributed by atoms with van der Waals surface area (Å²) in [5.41, 5.74) is 2.35. The van der Waals surface area contributed by atoms with Crippen LogP contribution in [0.3, 0.4) is 0 Å². The van der Waals surface area contributed by atoms with Crippen molar-refractivity contribution in [2.24, 2.45) is 0 Å². The summed E-state index contributed by atoms with van der Waals surface area (Å²) in [5, 5.41) is 3.14. The van der Waals surface area contributed by atoms with E-state index in [2.05, 4.69) is 53.1 Å². The Bertz CT molecular complexity index is 572. The minimum Gasteiger partial charge on any atom is -0.486 e. The molecule has 1 heterocycles. The van der Waals surface area contributed by atoms with E-state index in [1.54, 1.807) is 11.3 Å². The van der Waals surface area contributed by atoms with E-state index in [4.69, 9.17) is 4.74 Å². The van der Waals surface area contributed by atoms with Crippen LogP contribution in [-0.2, 0) is 12.0 Å². The van der Waals surface area contributed by atoms with Crippen molar-refractivity contribution in [3.05, 3.63) is 44.3 Å². The summed E-state index contributed by atoms with van der Waals surface area (Å²) in [6.45, 7) is 9.09. The van der Waals surface area contributed by atoms with Crippen molar-refractivity contribution >= 4 is 27.3 Å². The predicted molar refractivity (Wildman–Crippen MR) is 84.0 cm³/mol. The molecule has 0 unspecified atom stereocenters. The molecule has 2 aromatic rings. The maximum absolute atomic E-state index is 5.83. The van der Waals surface area contributed by atoms with Crippen LogP contribution >= 0.6 is 27.3 Å². The van der Waals surface area contributed by atoms with Gasteiger partial charge < -0.3 is 4.74 Å². The Hall–Kier alpha value is -0.870. The van der Waals surface area contributed by atoms with Gasteiger partial charge in [0.05, 0.1) is 5.69 Å². The standard InChI is InChI=1S/C15H18BrNOS/c1-10-7-11(16)5-6-12(10)18-8-14-17-13(9-19-14)15(2,3)4/h5-7,9H,8H2,1-4H3. The molecule has 1 aromatic heterocycles. The van der Waals surface area contributed by atoms with Gasteiger partial charge in [-0.05, 0) is 30.7 Å². The first-order valence-electron chi connectivity index (χ1n) is 6.20. The quantitative estimate of drug-likeness (QED) is 0.776. The molecule has 2 nitrogen and oxygen atoms in total. The maximum atomic E-state index is 5.83. The zero-order valence-electron chi connectivity index (χ0n) is 11.7. The molecular weight excluding hydrogens is 322 g/mol. The van der Waals surface area contributed by atoms with Crippen LogP contribution in [0.4, 0.5) is 0 Å². The number of aryl methyl sites for hydroxylation is 1. The van der Waals surface area contributed by atoms with E-state index in [1.807, 2.05) is 19.1 Å². The summed E-state index contributed by atoms with van der Waals surface area (Å²) < 4.78 is 6.90. The average molecular weight is 340 g/mol. The van der Waals surface area contributed by atoms with Crippen molar-refractivity contribution in [1.29, 1.82) is 0 Å². The number of rotatable bonds is 3. The number of thiazole rings is 1. The van der Waals surface area contributed by atoms with Crippen LogP contribution in [0.5, 0.6) is 5.75 Å². The molecule has 0 amide bonds. The Balaban J connectivity index is 2.04. The maximum Gasteiger partial charge on any atom is 0.140 e. The van der Waals surface area contributed by atoms with Gasteiger partial charge in [-0.2, -0.15) is 0 Å². The van der Waals surface area contributed by atoms with Crippen LogP contribution in [0.1, 0.15) is 37.0 Å². The summed E-state index contributed by atoms with van der Waals surface area (Å²) in [7, 11) is 0. The van der Waals surface area contributed by atoms with Crippen molar-refractivity contribution in [3.8, 4) is 5.75 Å². The Morgan fingerprint density at radius 2 is 2.05 bits per heavy atom. The smallest absolute Gasteiger partial charge is 0.140 e. The van der Waals surface area contributed by atoms with E-state index in [0.29, 0.717) is 6.61 Å². The first-order chi connectivity index (χ1) is 8.86. The third kappa shape index (κ3) is 3.80. The molecule has 0 N–H and O–H groups in total. The van der Waals surface area contributed by atoms with Gasteiger partial charge in [0.1, 0.15) is 17.4 Å². The summed E-state index contributed by atoms with van der Waals surface area (Å²) in [6, 6.07) is 6.03. The minimum absolute atomic E-state index is 0.0995. The van der Waals surface area contributed by atoms with Crippen LogP contribution in [0.15, 0.2) is 28.1 Å². The van der Waals surface area contributed by atoms with E-state index in [0.717, 1.165) is 26.5 Å². The summed E-state index contributed by atoms with van der Waals surface area (Å²) in [4.78, 5) is 4.63.